The van der Waals surface area contributed by atoms with Gasteiger partial charge in [0.2, 0.25) is 5.88 Å². The van der Waals surface area contributed by atoms with Gasteiger partial charge in [0.1, 0.15) is 19.0 Å². The highest BCUT2D eigenvalue weighted by Crippen LogP contribution is 2.13. The molecule has 1 rings (SSSR count). The Kier molecular flexibility index (Phi) is 6.23. The van der Waals surface area contributed by atoms with E-state index in [2.05, 4.69) is 15.4 Å². The molecule has 0 radical (unpaired) electrons. The largest absolute Gasteiger partial charge is 0.475 e. The first-order valence-corrected chi connectivity index (χ1v) is 5.34. The number of aromatic nitrogens is 2. The van der Waals surface area contributed by atoms with Crippen LogP contribution in [-0.2, 0) is 16.1 Å². The molecule has 7 heteroatoms. The lowest BCUT2D eigenvalue weighted by atomic mass is 10.5. The van der Waals surface area contributed by atoms with Crippen LogP contribution in [0.2, 0.25) is 0 Å². The van der Waals surface area contributed by atoms with E-state index in [4.69, 9.17) is 20.1 Å². The van der Waals surface area contributed by atoms with E-state index >= 15 is 0 Å². The molecule has 0 aliphatic rings. The highest BCUT2D eigenvalue weighted by atomic mass is 16.5. The van der Waals surface area contributed by atoms with Crippen LogP contribution in [0.1, 0.15) is 12.7 Å². The molecular formula is C10H18N4O3. The lowest BCUT2D eigenvalue weighted by molar-refractivity contribution is 0.108. The van der Waals surface area contributed by atoms with Crippen LogP contribution >= 0.6 is 0 Å². The summed E-state index contributed by atoms with van der Waals surface area (Å²) in [5.74, 6) is 6.74. The van der Waals surface area contributed by atoms with Crippen molar-refractivity contribution in [2.45, 2.75) is 13.5 Å². The van der Waals surface area contributed by atoms with Crippen molar-refractivity contribution in [3.8, 4) is 5.88 Å². The molecule has 1 aromatic heterocycles. The number of hydrogen-bond donors (Lipinski definition) is 2. The Labute approximate surface area is 100 Å². The molecule has 0 bridgehead atoms. The molecule has 0 aromatic carbocycles. The minimum atomic E-state index is 0.303. The molecule has 0 saturated heterocycles. The van der Waals surface area contributed by atoms with Gasteiger partial charge in [-0.1, -0.05) is 0 Å². The summed E-state index contributed by atoms with van der Waals surface area (Å²) < 4.78 is 15.5. The fourth-order valence-electron chi connectivity index (χ4n) is 1.16. The van der Waals surface area contributed by atoms with Gasteiger partial charge in [0.15, 0.2) is 5.82 Å². The van der Waals surface area contributed by atoms with E-state index in [0.717, 1.165) is 0 Å². The standard InChI is InChI=1S/C10H18N4O3/c1-3-16-4-5-17-10-6-8(14-11)12-9(13-10)7-15-2/h6H,3-5,7,11H2,1-2H3,(H,12,13,14). The first-order chi connectivity index (χ1) is 8.30. The molecule has 0 atom stereocenters. The molecule has 0 aliphatic carbocycles. The van der Waals surface area contributed by atoms with Crippen molar-refractivity contribution in [2.24, 2.45) is 5.84 Å². The number of ether oxygens (including phenoxy) is 3. The second-order valence-electron chi connectivity index (χ2n) is 3.13. The van der Waals surface area contributed by atoms with Crippen LogP contribution in [0.15, 0.2) is 6.07 Å². The number of hydrazine groups is 1. The first-order valence-electron chi connectivity index (χ1n) is 5.34. The van der Waals surface area contributed by atoms with E-state index in [0.29, 0.717) is 43.9 Å². The molecule has 0 aliphatic heterocycles. The molecule has 7 nitrogen and oxygen atoms in total. The Balaban J connectivity index is 2.59. The van der Waals surface area contributed by atoms with Crippen LogP contribution in [0, 0.1) is 0 Å². The van der Waals surface area contributed by atoms with Gasteiger partial charge in [-0.25, -0.2) is 10.8 Å². The Bertz CT molecular complexity index is 335. The molecule has 0 saturated carbocycles. The summed E-state index contributed by atoms with van der Waals surface area (Å²) in [6.45, 7) is 3.85. The summed E-state index contributed by atoms with van der Waals surface area (Å²) in [6, 6.07) is 1.62. The third-order valence-electron chi connectivity index (χ3n) is 1.85. The molecule has 0 spiro atoms. The van der Waals surface area contributed by atoms with E-state index < -0.39 is 0 Å². The van der Waals surface area contributed by atoms with Crippen molar-refractivity contribution in [2.75, 3.05) is 32.4 Å². The smallest absolute Gasteiger partial charge is 0.218 e. The van der Waals surface area contributed by atoms with Crippen molar-refractivity contribution < 1.29 is 14.2 Å². The number of nitrogens with one attached hydrogen (secondary N) is 1. The summed E-state index contributed by atoms with van der Waals surface area (Å²) in [7, 11) is 1.57. The predicted molar refractivity (Wildman–Crippen MR) is 62.5 cm³/mol. The Hall–Kier alpha value is -1.44. The first kappa shape index (κ1) is 13.6. The molecule has 0 fully saturated rings. The number of rotatable bonds is 8. The zero-order chi connectivity index (χ0) is 12.5. The topological polar surface area (TPSA) is 91.5 Å². The van der Waals surface area contributed by atoms with Crippen LogP contribution in [0.25, 0.3) is 0 Å². The van der Waals surface area contributed by atoms with E-state index in [1.807, 2.05) is 6.92 Å². The average molecular weight is 242 g/mol. The molecule has 1 heterocycles. The van der Waals surface area contributed by atoms with E-state index in [9.17, 15) is 0 Å². The van der Waals surface area contributed by atoms with Crippen LogP contribution < -0.4 is 16.0 Å². The second-order valence-corrected chi connectivity index (χ2v) is 3.13. The van der Waals surface area contributed by atoms with Crippen molar-refractivity contribution in [1.29, 1.82) is 0 Å². The maximum Gasteiger partial charge on any atom is 0.218 e. The maximum absolute atomic E-state index is 5.41. The van der Waals surface area contributed by atoms with Gasteiger partial charge >= 0.3 is 0 Å². The Morgan fingerprint density at radius 3 is 2.82 bits per heavy atom. The van der Waals surface area contributed by atoms with Crippen molar-refractivity contribution in [3.05, 3.63) is 11.9 Å². The number of nitrogen functional groups attached to an aromatic ring is 1. The second kappa shape index (κ2) is 7.77. The van der Waals surface area contributed by atoms with Gasteiger partial charge in [-0.3, -0.25) is 0 Å². The van der Waals surface area contributed by atoms with Gasteiger partial charge in [0.05, 0.1) is 6.61 Å². The molecule has 96 valence electrons. The summed E-state index contributed by atoms with van der Waals surface area (Å²) >= 11 is 0. The van der Waals surface area contributed by atoms with Crippen molar-refractivity contribution >= 4 is 5.82 Å². The molecule has 0 amide bonds. The number of nitrogens with two attached hydrogens (primary N) is 1. The zero-order valence-electron chi connectivity index (χ0n) is 10.1. The fourth-order valence-corrected chi connectivity index (χ4v) is 1.16. The summed E-state index contributed by atoms with van der Waals surface area (Å²) in [5, 5.41) is 0. The SMILES string of the molecule is CCOCCOc1cc(NN)nc(COC)n1. The van der Waals surface area contributed by atoms with E-state index in [1.54, 1.807) is 13.2 Å². The molecule has 3 N–H and O–H groups in total. The van der Waals surface area contributed by atoms with Gasteiger partial charge in [-0.15, -0.1) is 0 Å². The normalized spacial score (nSPS) is 10.3. The quantitative estimate of drug-likeness (QED) is 0.385. The third kappa shape index (κ3) is 4.94. The number of methoxy groups -OCH3 is 1. The Morgan fingerprint density at radius 2 is 2.18 bits per heavy atom. The van der Waals surface area contributed by atoms with Gasteiger partial charge in [0, 0.05) is 19.8 Å². The number of nitrogens with zero attached hydrogens (tertiary/aromatic N) is 2. The van der Waals surface area contributed by atoms with Gasteiger partial charge in [-0.05, 0) is 6.92 Å². The minimum Gasteiger partial charge on any atom is -0.475 e. The predicted octanol–water partition coefficient (Wildman–Crippen LogP) is 0.324. The minimum absolute atomic E-state index is 0.303. The zero-order valence-corrected chi connectivity index (χ0v) is 10.1. The maximum atomic E-state index is 5.41. The lowest BCUT2D eigenvalue weighted by Gasteiger charge is -2.08. The van der Waals surface area contributed by atoms with Crippen LogP contribution in [0.4, 0.5) is 5.82 Å². The lowest BCUT2D eigenvalue weighted by Crippen LogP contribution is -2.13. The number of anilines is 1. The molecule has 17 heavy (non-hydrogen) atoms. The van der Waals surface area contributed by atoms with Gasteiger partial charge in [-0.2, -0.15) is 4.98 Å². The monoisotopic (exact) mass is 242 g/mol. The average Bonchev–Trinajstić information content (AvgIpc) is 2.35. The third-order valence-corrected chi connectivity index (χ3v) is 1.85. The molecule has 0 unspecified atom stereocenters. The van der Waals surface area contributed by atoms with Gasteiger partial charge < -0.3 is 19.6 Å². The summed E-state index contributed by atoms with van der Waals surface area (Å²) in [4.78, 5) is 8.26. The van der Waals surface area contributed by atoms with Crippen molar-refractivity contribution in [1.82, 2.24) is 9.97 Å². The van der Waals surface area contributed by atoms with Crippen LogP contribution in [0.3, 0.4) is 0 Å². The van der Waals surface area contributed by atoms with Crippen LogP contribution in [0.5, 0.6) is 5.88 Å². The molecular weight excluding hydrogens is 224 g/mol. The van der Waals surface area contributed by atoms with E-state index in [1.165, 1.54) is 0 Å². The number of hydrogen-bond acceptors (Lipinski definition) is 7. The fraction of sp³-hybridized carbons (Fsp3) is 0.600. The summed E-state index contributed by atoms with van der Waals surface area (Å²) in [5.41, 5.74) is 2.45. The highest BCUT2D eigenvalue weighted by molar-refractivity contribution is 5.36. The van der Waals surface area contributed by atoms with E-state index in [-0.39, 0.29) is 0 Å². The van der Waals surface area contributed by atoms with Crippen LogP contribution in [-0.4, -0.2) is 36.9 Å². The van der Waals surface area contributed by atoms with Gasteiger partial charge in [0.25, 0.3) is 0 Å². The summed E-state index contributed by atoms with van der Waals surface area (Å²) in [6.07, 6.45) is 0. The molecule has 1 aromatic rings. The van der Waals surface area contributed by atoms with Crippen molar-refractivity contribution in [3.63, 3.8) is 0 Å². The Morgan fingerprint density at radius 1 is 1.35 bits per heavy atom. The highest BCUT2D eigenvalue weighted by Gasteiger charge is 2.04.